The Labute approximate surface area is 105 Å². The van der Waals surface area contributed by atoms with Gasteiger partial charge < -0.3 is 5.11 Å². The van der Waals surface area contributed by atoms with Gasteiger partial charge in [-0.15, -0.1) is 0 Å². The van der Waals surface area contributed by atoms with Gasteiger partial charge in [-0.1, -0.05) is 18.2 Å². The second-order valence-electron chi connectivity index (χ2n) is 4.07. The van der Waals surface area contributed by atoms with E-state index in [1.165, 1.54) is 0 Å². The van der Waals surface area contributed by atoms with Crippen LogP contribution in [0.1, 0.15) is 16.8 Å². The van der Waals surface area contributed by atoms with Gasteiger partial charge in [-0.2, -0.15) is 5.10 Å². The lowest BCUT2D eigenvalue weighted by atomic mass is 10.1. The molecule has 1 aromatic carbocycles. The lowest BCUT2D eigenvalue weighted by Gasteiger charge is -2.03. The zero-order chi connectivity index (χ0) is 13.0. The van der Waals surface area contributed by atoms with Crippen LogP contribution in [-0.2, 0) is 11.3 Å². The van der Waals surface area contributed by atoms with E-state index < -0.39 is 5.97 Å². The molecule has 0 radical (unpaired) electrons. The SMILES string of the molecule is Cc1ccn(Cc2cccc(C=CC(=O)O)c2)n1. The topological polar surface area (TPSA) is 55.1 Å². The van der Waals surface area contributed by atoms with Crippen molar-refractivity contribution in [2.75, 3.05) is 0 Å². The minimum absolute atomic E-state index is 0.683. The standard InChI is InChI=1S/C14H14N2O2/c1-11-7-8-16(15-11)10-13-4-2-3-12(9-13)5-6-14(17)18/h2-9H,10H2,1H3,(H,17,18). The Morgan fingerprint density at radius 2 is 2.28 bits per heavy atom. The summed E-state index contributed by atoms with van der Waals surface area (Å²) < 4.78 is 1.86. The maximum atomic E-state index is 10.5. The van der Waals surface area contributed by atoms with E-state index in [1.807, 2.05) is 48.1 Å². The molecule has 92 valence electrons. The predicted octanol–water partition coefficient (Wildman–Crippen LogP) is 2.34. The predicted molar refractivity (Wildman–Crippen MR) is 69.2 cm³/mol. The molecule has 0 atom stereocenters. The number of nitrogens with zero attached hydrogens (tertiary/aromatic N) is 2. The maximum absolute atomic E-state index is 10.5. The van der Waals surface area contributed by atoms with Crippen LogP contribution in [0.5, 0.6) is 0 Å². The van der Waals surface area contributed by atoms with E-state index in [2.05, 4.69) is 5.10 Å². The Morgan fingerprint density at radius 3 is 2.94 bits per heavy atom. The number of rotatable bonds is 4. The number of aromatic nitrogens is 2. The van der Waals surface area contributed by atoms with Crippen molar-refractivity contribution in [2.24, 2.45) is 0 Å². The Hall–Kier alpha value is -2.36. The van der Waals surface area contributed by atoms with Crippen molar-refractivity contribution in [2.45, 2.75) is 13.5 Å². The average molecular weight is 242 g/mol. The smallest absolute Gasteiger partial charge is 0.328 e. The molecular weight excluding hydrogens is 228 g/mol. The van der Waals surface area contributed by atoms with Gasteiger partial charge in [-0.25, -0.2) is 4.79 Å². The van der Waals surface area contributed by atoms with Gasteiger partial charge in [0, 0.05) is 12.3 Å². The summed E-state index contributed by atoms with van der Waals surface area (Å²) in [4.78, 5) is 10.5. The highest BCUT2D eigenvalue weighted by atomic mass is 16.4. The first kappa shape index (κ1) is 12.1. The van der Waals surface area contributed by atoms with Gasteiger partial charge in [0.1, 0.15) is 0 Å². The second kappa shape index (κ2) is 5.31. The van der Waals surface area contributed by atoms with Gasteiger partial charge in [0.05, 0.1) is 12.2 Å². The molecule has 0 amide bonds. The highest BCUT2D eigenvalue weighted by molar-refractivity contribution is 5.85. The minimum atomic E-state index is -0.942. The van der Waals surface area contributed by atoms with Crippen molar-refractivity contribution >= 4 is 12.0 Å². The number of hydrogen-bond donors (Lipinski definition) is 1. The summed E-state index contributed by atoms with van der Waals surface area (Å²) >= 11 is 0. The second-order valence-corrected chi connectivity index (χ2v) is 4.07. The zero-order valence-electron chi connectivity index (χ0n) is 10.1. The Kier molecular flexibility index (Phi) is 3.57. The van der Waals surface area contributed by atoms with Crippen molar-refractivity contribution in [3.63, 3.8) is 0 Å². The molecule has 0 bridgehead atoms. The summed E-state index contributed by atoms with van der Waals surface area (Å²) in [6.45, 7) is 2.63. The zero-order valence-corrected chi connectivity index (χ0v) is 10.1. The number of carbonyl (C=O) groups is 1. The third-order valence-electron chi connectivity index (χ3n) is 2.49. The Balaban J connectivity index is 2.14. The lowest BCUT2D eigenvalue weighted by Crippen LogP contribution is -2.00. The molecule has 1 heterocycles. The molecule has 0 saturated heterocycles. The molecule has 0 fully saturated rings. The van der Waals surface area contributed by atoms with Crippen molar-refractivity contribution in [3.8, 4) is 0 Å². The Bertz CT molecular complexity index is 585. The van der Waals surface area contributed by atoms with E-state index in [1.54, 1.807) is 6.08 Å². The number of carboxylic acid groups (broad SMARTS) is 1. The summed E-state index contributed by atoms with van der Waals surface area (Å²) in [5, 5.41) is 12.9. The molecule has 2 aromatic rings. The van der Waals surface area contributed by atoms with E-state index in [0.29, 0.717) is 6.54 Å². The molecule has 4 nitrogen and oxygen atoms in total. The Morgan fingerprint density at radius 1 is 1.44 bits per heavy atom. The minimum Gasteiger partial charge on any atom is -0.478 e. The number of aliphatic carboxylic acids is 1. The molecule has 0 spiro atoms. The first-order chi connectivity index (χ1) is 8.63. The molecule has 0 aliphatic rings. The third kappa shape index (κ3) is 3.31. The normalized spacial score (nSPS) is 10.9. The van der Waals surface area contributed by atoms with Crippen LogP contribution in [0.2, 0.25) is 0 Å². The van der Waals surface area contributed by atoms with Gasteiger partial charge in [-0.05, 0) is 36.3 Å². The van der Waals surface area contributed by atoms with Crippen LogP contribution in [0.15, 0.2) is 42.6 Å². The van der Waals surface area contributed by atoms with Gasteiger partial charge in [0.2, 0.25) is 0 Å². The van der Waals surface area contributed by atoms with E-state index >= 15 is 0 Å². The van der Waals surface area contributed by atoms with Crippen molar-refractivity contribution in [1.29, 1.82) is 0 Å². The molecule has 4 heteroatoms. The quantitative estimate of drug-likeness (QED) is 0.837. The molecule has 0 aliphatic carbocycles. The largest absolute Gasteiger partial charge is 0.478 e. The molecule has 0 saturated carbocycles. The number of hydrogen-bond acceptors (Lipinski definition) is 2. The van der Waals surface area contributed by atoms with Crippen molar-refractivity contribution in [1.82, 2.24) is 9.78 Å². The summed E-state index contributed by atoms with van der Waals surface area (Å²) in [6.07, 6.45) is 4.65. The van der Waals surface area contributed by atoms with Gasteiger partial charge >= 0.3 is 5.97 Å². The molecular formula is C14H14N2O2. The molecule has 0 unspecified atom stereocenters. The fourth-order valence-electron chi connectivity index (χ4n) is 1.70. The molecule has 1 aromatic heterocycles. The van der Waals surface area contributed by atoms with Crippen LogP contribution >= 0.6 is 0 Å². The first-order valence-electron chi connectivity index (χ1n) is 5.63. The summed E-state index contributed by atoms with van der Waals surface area (Å²) in [5.41, 5.74) is 2.95. The van der Waals surface area contributed by atoms with Crippen LogP contribution in [0.4, 0.5) is 0 Å². The van der Waals surface area contributed by atoms with E-state index in [0.717, 1.165) is 22.9 Å². The molecule has 0 aliphatic heterocycles. The first-order valence-corrected chi connectivity index (χ1v) is 5.63. The van der Waals surface area contributed by atoms with Crippen LogP contribution in [0, 0.1) is 6.92 Å². The fraction of sp³-hybridized carbons (Fsp3) is 0.143. The van der Waals surface area contributed by atoms with Gasteiger partial charge in [0.25, 0.3) is 0 Å². The van der Waals surface area contributed by atoms with Gasteiger partial charge in [-0.3, -0.25) is 4.68 Å². The van der Waals surface area contributed by atoms with E-state index in [-0.39, 0.29) is 0 Å². The highest BCUT2D eigenvalue weighted by Crippen LogP contribution is 2.09. The van der Waals surface area contributed by atoms with Crippen LogP contribution in [-0.4, -0.2) is 20.9 Å². The van der Waals surface area contributed by atoms with E-state index in [9.17, 15) is 4.79 Å². The van der Waals surface area contributed by atoms with Crippen molar-refractivity contribution in [3.05, 3.63) is 59.4 Å². The monoisotopic (exact) mass is 242 g/mol. The number of aryl methyl sites for hydroxylation is 1. The van der Waals surface area contributed by atoms with E-state index in [4.69, 9.17) is 5.11 Å². The summed E-state index contributed by atoms with van der Waals surface area (Å²) in [6, 6.07) is 9.68. The molecule has 18 heavy (non-hydrogen) atoms. The summed E-state index contributed by atoms with van der Waals surface area (Å²) in [5.74, 6) is -0.942. The fourth-order valence-corrected chi connectivity index (χ4v) is 1.70. The van der Waals surface area contributed by atoms with Gasteiger partial charge in [0.15, 0.2) is 0 Å². The molecule has 2 rings (SSSR count). The van der Waals surface area contributed by atoms with Crippen LogP contribution < -0.4 is 0 Å². The average Bonchev–Trinajstić information content (AvgIpc) is 2.73. The van der Waals surface area contributed by atoms with Crippen LogP contribution in [0.25, 0.3) is 6.08 Å². The highest BCUT2D eigenvalue weighted by Gasteiger charge is 1.98. The molecule has 1 N–H and O–H groups in total. The summed E-state index contributed by atoms with van der Waals surface area (Å²) in [7, 11) is 0. The third-order valence-corrected chi connectivity index (χ3v) is 2.49. The van der Waals surface area contributed by atoms with Crippen molar-refractivity contribution < 1.29 is 9.90 Å². The van der Waals surface area contributed by atoms with Crippen LogP contribution in [0.3, 0.4) is 0 Å². The lowest BCUT2D eigenvalue weighted by molar-refractivity contribution is -0.131. The maximum Gasteiger partial charge on any atom is 0.328 e. The number of carboxylic acids is 1. The number of benzene rings is 1.